The monoisotopic (exact) mass is 552 g/mol. The predicted octanol–water partition coefficient (Wildman–Crippen LogP) is 6.15. The van der Waals surface area contributed by atoms with E-state index < -0.39 is 16.1 Å². The van der Waals surface area contributed by atoms with E-state index in [0.29, 0.717) is 39.8 Å². The summed E-state index contributed by atoms with van der Waals surface area (Å²) in [6.07, 6.45) is 1.53. The van der Waals surface area contributed by atoms with Crippen LogP contribution in [0.1, 0.15) is 28.4 Å². The van der Waals surface area contributed by atoms with Crippen molar-refractivity contribution in [2.24, 2.45) is 0 Å². The number of carbonyl (C=O) groups excluding carboxylic acids is 3. The first-order valence-electron chi connectivity index (χ1n) is 11.4. The highest BCUT2D eigenvalue weighted by molar-refractivity contribution is 8.18. The molecule has 4 rings (SSSR count). The Kier molecular flexibility index (Phi) is 8.45. The molecule has 0 radical (unpaired) electrons. The average Bonchev–Trinajstić information content (AvgIpc) is 3.16. The molecule has 3 aromatic carbocycles. The summed E-state index contributed by atoms with van der Waals surface area (Å²) in [5.74, 6) is -0.221. The maximum absolute atomic E-state index is 12.9. The van der Waals surface area contributed by atoms with Gasteiger partial charge in [-0.2, -0.15) is 0 Å². The Morgan fingerprint density at radius 2 is 1.79 bits per heavy atom. The topological polar surface area (TPSA) is 116 Å². The number of ether oxygens (including phenoxy) is 2. The van der Waals surface area contributed by atoms with Gasteiger partial charge >= 0.3 is 0 Å². The molecule has 1 saturated heterocycles. The molecule has 0 bridgehead atoms. The van der Waals surface area contributed by atoms with Gasteiger partial charge in [-0.3, -0.25) is 29.4 Å². The molecule has 1 fully saturated rings. The minimum absolute atomic E-state index is 0.0445. The molecule has 194 valence electrons. The fourth-order valence-electron chi connectivity index (χ4n) is 3.63. The molecule has 0 unspecified atom stereocenters. The number of thioether (sulfide) groups is 1. The first kappa shape index (κ1) is 26.9. The molecule has 0 N–H and O–H groups in total. The predicted molar refractivity (Wildman–Crippen MR) is 143 cm³/mol. The zero-order chi connectivity index (χ0) is 27.2. The number of amides is 2. The van der Waals surface area contributed by atoms with Crippen molar-refractivity contribution in [3.63, 3.8) is 0 Å². The van der Waals surface area contributed by atoms with E-state index in [2.05, 4.69) is 0 Å². The van der Waals surface area contributed by atoms with Gasteiger partial charge < -0.3 is 9.47 Å². The highest BCUT2D eigenvalue weighted by Crippen LogP contribution is 2.35. The van der Waals surface area contributed by atoms with Crippen LogP contribution in [0.15, 0.2) is 71.6 Å². The maximum atomic E-state index is 12.9. The van der Waals surface area contributed by atoms with Crippen LogP contribution in [0.25, 0.3) is 6.08 Å². The highest BCUT2D eigenvalue weighted by atomic mass is 35.5. The van der Waals surface area contributed by atoms with Crippen LogP contribution in [-0.4, -0.2) is 39.9 Å². The molecule has 11 heteroatoms. The SMILES string of the molecule is CCOc1cc(/C=C2/SC(=O)N(CC(=O)c3ccc(Cl)cc3)C2=O)ccc1OCc1ccccc1[N+](=O)[O-]. The number of Topliss-reactive ketones (excluding diaryl/α,β-unsaturated/α-hetero) is 1. The van der Waals surface area contributed by atoms with Crippen molar-refractivity contribution < 1.29 is 28.8 Å². The number of hydrogen-bond donors (Lipinski definition) is 0. The molecule has 0 saturated carbocycles. The minimum Gasteiger partial charge on any atom is -0.490 e. The maximum Gasteiger partial charge on any atom is 0.293 e. The summed E-state index contributed by atoms with van der Waals surface area (Å²) in [4.78, 5) is 49.8. The van der Waals surface area contributed by atoms with Crippen LogP contribution in [-0.2, 0) is 11.4 Å². The first-order valence-corrected chi connectivity index (χ1v) is 12.6. The van der Waals surface area contributed by atoms with E-state index in [9.17, 15) is 24.5 Å². The Bertz CT molecular complexity index is 1440. The first-order chi connectivity index (χ1) is 18.3. The summed E-state index contributed by atoms with van der Waals surface area (Å²) in [5, 5.41) is 11.2. The molecule has 9 nitrogen and oxygen atoms in total. The van der Waals surface area contributed by atoms with E-state index >= 15 is 0 Å². The van der Waals surface area contributed by atoms with Gasteiger partial charge in [0.05, 0.1) is 28.5 Å². The number of imide groups is 1. The fraction of sp³-hybridized carbons (Fsp3) is 0.148. The van der Waals surface area contributed by atoms with Crippen LogP contribution in [0.5, 0.6) is 11.5 Å². The van der Waals surface area contributed by atoms with Crippen LogP contribution in [0.2, 0.25) is 5.02 Å². The third kappa shape index (κ3) is 6.21. The summed E-state index contributed by atoms with van der Waals surface area (Å²) in [6.45, 7) is 1.69. The molecule has 0 aromatic heterocycles. The van der Waals surface area contributed by atoms with Gasteiger partial charge in [-0.25, -0.2) is 0 Å². The van der Waals surface area contributed by atoms with Crippen LogP contribution in [0.3, 0.4) is 0 Å². The van der Waals surface area contributed by atoms with Crippen LogP contribution in [0, 0.1) is 10.1 Å². The summed E-state index contributed by atoms with van der Waals surface area (Å²) in [7, 11) is 0. The molecule has 3 aromatic rings. The van der Waals surface area contributed by atoms with Gasteiger partial charge in [-0.15, -0.1) is 0 Å². The second-order valence-corrected chi connectivity index (χ2v) is 9.44. The number of carbonyl (C=O) groups is 3. The quantitative estimate of drug-likeness (QED) is 0.127. The van der Waals surface area contributed by atoms with E-state index in [1.807, 2.05) is 0 Å². The van der Waals surface area contributed by atoms with Gasteiger partial charge in [0.2, 0.25) is 0 Å². The molecule has 0 atom stereocenters. The molecule has 38 heavy (non-hydrogen) atoms. The van der Waals surface area contributed by atoms with Crippen molar-refractivity contribution in [2.75, 3.05) is 13.2 Å². The lowest BCUT2D eigenvalue weighted by molar-refractivity contribution is -0.385. The molecular weight excluding hydrogens is 532 g/mol. The van der Waals surface area contributed by atoms with Crippen LogP contribution in [0.4, 0.5) is 10.5 Å². The molecular formula is C27H21ClN2O7S. The van der Waals surface area contributed by atoms with Gasteiger partial charge in [0.15, 0.2) is 17.3 Å². The fourth-order valence-corrected chi connectivity index (χ4v) is 4.59. The largest absolute Gasteiger partial charge is 0.490 e. The second-order valence-electron chi connectivity index (χ2n) is 8.01. The second kappa shape index (κ2) is 11.9. The minimum atomic E-state index is -0.572. The molecule has 0 aliphatic carbocycles. The lowest BCUT2D eigenvalue weighted by Gasteiger charge is -2.13. The summed E-state index contributed by atoms with van der Waals surface area (Å²) in [5.41, 5.74) is 1.27. The third-order valence-electron chi connectivity index (χ3n) is 5.48. The van der Waals surface area contributed by atoms with E-state index in [1.165, 1.54) is 24.3 Å². The number of rotatable bonds is 10. The standard InChI is InChI=1S/C27H21ClN2O7S/c1-2-36-24-13-17(7-12-23(24)37-16-19-5-3-4-6-21(19)30(34)35)14-25-26(32)29(27(33)38-25)15-22(31)18-8-10-20(28)11-9-18/h3-14H,2,15-16H2,1H3/b25-14+. The molecule has 1 aliphatic heterocycles. The number of benzene rings is 3. The van der Waals surface area contributed by atoms with Crippen molar-refractivity contribution in [2.45, 2.75) is 13.5 Å². The van der Waals surface area contributed by atoms with Gasteiger partial charge in [0.25, 0.3) is 16.8 Å². The summed E-state index contributed by atoms with van der Waals surface area (Å²) < 4.78 is 11.5. The Labute approximate surface area is 227 Å². The van der Waals surface area contributed by atoms with Gasteiger partial charge in [0, 0.05) is 16.7 Å². The lowest BCUT2D eigenvalue weighted by Crippen LogP contribution is -2.33. The van der Waals surface area contributed by atoms with E-state index in [4.69, 9.17) is 21.1 Å². The number of nitrogens with zero attached hydrogens (tertiary/aromatic N) is 2. The summed E-state index contributed by atoms with van der Waals surface area (Å²) in [6, 6.07) is 17.4. The number of nitro benzene ring substituents is 1. The Morgan fingerprint density at radius 1 is 1.05 bits per heavy atom. The zero-order valence-electron chi connectivity index (χ0n) is 20.1. The van der Waals surface area contributed by atoms with Crippen molar-refractivity contribution in [3.05, 3.63) is 103 Å². The Hall–Kier alpha value is -4.15. The van der Waals surface area contributed by atoms with Crippen LogP contribution < -0.4 is 9.47 Å². The lowest BCUT2D eigenvalue weighted by atomic mass is 10.1. The zero-order valence-corrected chi connectivity index (χ0v) is 21.7. The number of ketones is 1. The summed E-state index contributed by atoms with van der Waals surface area (Å²) >= 11 is 6.59. The van der Waals surface area contributed by atoms with Crippen molar-refractivity contribution >= 4 is 52.1 Å². The van der Waals surface area contributed by atoms with E-state index in [1.54, 1.807) is 55.5 Å². The smallest absolute Gasteiger partial charge is 0.293 e. The average molecular weight is 553 g/mol. The van der Waals surface area contributed by atoms with E-state index in [0.717, 1.165) is 16.7 Å². The Balaban J connectivity index is 1.50. The third-order valence-corrected chi connectivity index (χ3v) is 6.64. The van der Waals surface area contributed by atoms with Gasteiger partial charge in [0.1, 0.15) is 6.61 Å². The normalized spacial score (nSPS) is 14.2. The van der Waals surface area contributed by atoms with Crippen molar-refractivity contribution in [3.8, 4) is 11.5 Å². The number of nitro groups is 1. The highest BCUT2D eigenvalue weighted by Gasteiger charge is 2.36. The van der Waals surface area contributed by atoms with Crippen molar-refractivity contribution in [1.29, 1.82) is 0 Å². The van der Waals surface area contributed by atoms with Gasteiger partial charge in [-0.05, 0) is 72.8 Å². The van der Waals surface area contributed by atoms with E-state index in [-0.39, 0.29) is 29.5 Å². The van der Waals surface area contributed by atoms with Gasteiger partial charge in [-0.1, -0.05) is 29.8 Å². The van der Waals surface area contributed by atoms with Crippen molar-refractivity contribution in [1.82, 2.24) is 4.90 Å². The van der Waals surface area contributed by atoms with Crippen LogP contribution >= 0.6 is 23.4 Å². The number of hydrogen-bond acceptors (Lipinski definition) is 8. The molecule has 1 heterocycles. The number of para-hydroxylation sites is 1. The molecule has 2 amide bonds. The number of halogens is 1. The molecule has 1 aliphatic rings. The molecule has 0 spiro atoms. The Morgan fingerprint density at radius 3 is 2.50 bits per heavy atom.